The molecule has 3 heterocycles. The Hall–Kier alpha value is -10.6. The number of carboxylic acids is 2. The number of carbonyl (C=O) groups is 19. The van der Waals surface area contributed by atoms with E-state index in [2.05, 4.69) is 63.8 Å². The van der Waals surface area contributed by atoms with Gasteiger partial charge in [-0.15, -0.1) is 0 Å². The molecule has 0 aromatic rings. The minimum atomic E-state index is -2.37. The Morgan fingerprint density at radius 2 is 0.930 bits per heavy atom. The average Bonchev–Trinajstić information content (AvgIpc) is 1.79. The van der Waals surface area contributed by atoms with Crippen LogP contribution in [0.1, 0.15) is 92.9 Å². The van der Waals surface area contributed by atoms with Gasteiger partial charge in [-0.1, -0.05) is 13.8 Å². The van der Waals surface area contributed by atoms with E-state index in [-0.39, 0.29) is 19.4 Å². The zero-order chi connectivity index (χ0) is 87.2. The van der Waals surface area contributed by atoms with Gasteiger partial charge in [0.05, 0.1) is 65.1 Å². The van der Waals surface area contributed by atoms with Crippen molar-refractivity contribution in [3.8, 4) is 0 Å². The number of aliphatic hydroxyl groups excluding tert-OH is 10. The second-order valence-corrected chi connectivity index (χ2v) is 27.1. The molecule has 0 saturated carbocycles. The van der Waals surface area contributed by atoms with Gasteiger partial charge >= 0.3 is 11.9 Å². The molecule has 51 heteroatoms. The molecular formula is C64H103N17O34. The zero-order valence-electron chi connectivity index (χ0n) is 63.0. The average molecular weight is 1650 g/mol. The number of ether oxygens (including phenoxy) is 3. The number of carboxylic acid groups (broad SMARTS) is 2. The lowest BCUT2D eigenvalue weighted by atomic mass is 9.94. The molecule has 17 amide bonds. The van der Waals surface area contributed by atoms with Crippen LogP contribution in [-0.2, 0) is 105 Å². The van der Waals surface area contributed by atoms with Crippen molar-refractivity contribution in [2.24, 2.45) is 17.4 Å². The molecule has 3 aliphatic heterocycles. The smallest absolute Gasteiger partial charge is 0.328 e. The summed E-state index contributed by atoms with van der Waals surface area (Å²) < 4.78 is 17.4. The quantitative estimate of drug-likeness (QED) is 0.0269. The number of hydrogen-bond acceptors (Lipinski definition) is 32. The number of likely N-dealkylation sites (tertiary alicyclic amines) is 1. The van der Waals surface area contributed by atoms with E-state index < -0.39 is 337 Å². The monoisotopic (exact) mass is 1650 g/mol. The molecule has 115 heavy (non-hydrogen) atoms. The van der Waals surface area contributed by atoms with Crippen molar-refractivity contribution in [2.45, 2.75) is 227 Å². The number of rotatable bonds is 46. The van der Waals surface area contributed by atoms with Crippen LogP contribution in [0.2, 0.25) is 0 Å². The van der Waals surface area contributed by atoms with Crippen molar-refractivity contribution in [3.05, 3.63) is 0 Å². The number of amides is 17. The number of aliphatic carboxylic acids is 2. The van der Waals surface area contributed by atoms with E-state index in [4.69, 9.17) is 25.7 Å². The predicted molar refractivity (Wildman–Crippen MR) is 377 cm³/mol. The lowest BCUT2D eigenvalue weighted by molar-refractivity contribution is -0.315. The molecule has 0 bridgehead atoms. The second-order valence-electron chi connectivity index (χ2n) is 27.1. The molecule has 22 atom stereocenters. The fourth-order valence-corrected chi connectivity index (χ4v) is 11.7. The summed E-state index contributed by atoms with van der Waals surface area (Å²) >= 11 is 0. The Balaban J connectivity index is 1.96. The van der Waals surface area contributed by atoms with Gasteiger partial charge in [-0.05, 0) is 38.5 Å². The number of carbonyl (C=O) groups excluding carboxylic acids is 17. The van der Waals surface area contributed by atoms with Crippen LogP contribution in [0.25, 0.3) is 0 Å². The molecule has 0 aliphatic carbocycles. The molecule has 648 valence electrons. The van der Waals surface area contributed by atoms with Gasteiger partial charge in [0.1, 0.15) is 115 Å². The second kappa shape index (κ2) is 47.3. The Morgan fingerprint density at radius 1 is 0.478 bits per heavy atom. The molecule has 0 radical (unpaired) electrons. The minimum Gasteiger partial charge on any atom is -0.481 e. The highest BCUT2D eigenvalue weighted by atomic mass is 16.7. The van der Waals surface area contributed by atoms with Gasteiger partial charge in [-0.3, -0.25) is 86.3 Å². The molecule has 0 aromatic heterocycles. The molecular weight excluding hydrogens is 1550 g/mol. The van der Waals surface area contributed by atoms with Gasteiger partial charge < -0.3 is 166 Å². The summed E-state index contributed by atoms with van der Waals surface area (Å²) in [5, 5.41) is 154. The van der Waals surface area contributed by atoms with Crippen molar-refractivity contribution >= 4 is 112 Å². The first-order chi connectivity index (χ1) is 53.9. The highest BCUT2D eigenvalue weighted by Gasteiger charge is 2.53. The minimum absolute atomic E-state index is 0.0149. The van der Waals surface area contributed by atoms with Gasteiger partial charge in [-0.25, -0.2) is 4.79 Å². The highest BCUT2D eigenvalue weighted by molar-refractivity contribution is 6.01. The van der Waals surface area contributed by atoms with Crippen LogP contribution in [-0.4, -0.2) is 365 Å². The van der Waals surface area contributed by atoms with Crippen molar-refractivity contribution in [1.82, 2.24) is 79.3 Å². The van der Waals surface area contributed by atoms with E-state index in [1.807, 2.05) is 10.6 Å². The Bertz CT molecular complexity index is 3490. The topological polar surface area (TPSA) is 818 Å². The third kappa shape index (κ3) is 30.6. The van der Waals surface area contributed by atoms with E-state index in [1.54, 1.807) is 0 Å². The van der Waals surface area contributed by atoms with E-state index in [1.165, 1.54) is 13.8 Å². The van der Waals surface area contributed by atoms with Crippen LogP contribution in [0.4, 0.5) is 0 Å². The van der Waals surface area contributed by atoms with Gasteiger partial charge in [0, 0.05) is 40.2 Å². The number of nitrogens with one attached hydrogen (secondary N) is 14. The lowest BCUT2D eigenvalue weighted by Gasteiger charge is -2.48. The molecule has 51 nitrogen and oxygen atoms in total. The van der Waals surface area contributed by atoms with Crippen LogP contribution in [0.3, 0.4) is 0 Å². The Labute approximate surface area is 653 Å². The van der Waals surface area contributed by atoms with Gasteiger partial charge in [0.15, 0.2) is 12.5 Å². The van der Waals surface area contributed by atoms with E-state index >= 15 is 0 Å². The molecule has 3 fully saturated rings. The van der Waals surface area contributed by atoms with Crippen LogP contribution < -0.4 is 85.9 Å². The Morgan fingerprint density at radius 3 is 1.41 bits per heavy atom. The summed E-state index contributed by atoms with van der Waals surface area (Å²) in [6.45, 7) is -1.30. The zero-order valence-corrected chi connectivity index (χ0v) is 63.0. The summed E-state index contributed by atoms with van der Waals surface area (Å²) in [5.41, 5.74) is 10.6. The summed E-state index contributed by atoms with van der Waals surface area (Å²) in [6, 6.07) is -25.3. The lowest BCUT2D eigenvalue weighted by Crippen LogP contribution is -2.71. The van der Waals surface area contributed by atoms with Crippen LogP contribution >= 0.6 is 0 Å². The third-order valence-corrected chi connectivity index (χ3v) is 17.7. The summed E-state index contributed by atoms with van der Waals surface area (Å²) in [5.74, 6) is -25.4. The Kier molecular flexibility index (Phi) is 40.6. The number of nitrogens with two attached hydrogens (primary N) is 2. The van der Waals surface area contributed by atoms with Crippen molar-refractivity contribution in [3.63, 3.8) is 0 Å². The van der Waals surface area contributed by atoms with Crippen LogP contribution in [0, 0.1) is 5.92 Å². The van der Waals surface area contributed by atoms with Crippen LogP contribution in [0.15, 0.2) is 0 Å². The van der Waals surface area contributed by atoms with Gasteiger partial charge in [0.25, 0.3) is 0 Å². The molecule has 3 rings (SSSR count). The van der Waals surface area contributed by atoms with Crippen molar-refractivity contribution in [2.75, 3.05) is 52.7 Å². The van der Waals surface area contributed by atoms with Gasteiger partial charge in [-0.2, -0.15) is 0 Å². The number of primary amides is 2. The maximum Gasteiger partial charge on any atom is 0.328 e. The first kappa shape index (κ1) is 98.6. The van der Waals surface area contributed by atoms with E-state index in [9.17, 15) is 152 Å². The molecule has 0 unspecified atom stereocenters. The maximum atomic E-state index is 14.6. The van der Waals surface area contributed by atoms with Crippen molar-refractivity contribution < 1.29 is 167 Å². The fourth-order valence-electron chi connectivity index (χ4n) is 11.7. The first-order valence-corrected chi connectivity index (χ1v) is 35.7. The highest BCUT2D eigenvalue weighted by Crippen LogP contribution is 2.30. The maximum absolute atomic E-state index is 14.6. The molecule has 0 aromatic carbocycles. The summed E-state index contributed by atoms with van der Waals surface area (Å²) in [4.78, 5) is 251. The predicted octanol–water partition coefficient (Wildman–Crippen LogP) is -17.5. The van der Waals surface area contributed by atoms with Crippen molar-refractivity contribution in [1.29, 1.82) is 0 Å². The van der Waals surface area contributed by atoms with Gasteiger partial charge in [0.2, 0.25) is 100 Å². The largest absolute Gasteiger partial charge is 0.481 e. The number of nitrogens with zero attached hydrogens (tertiary/aromatic N) is 1. The normalized spacial score (nSPS) is 23.3. The fraction of sp³-hybridized carbons (Fsp3) is 0.703. The third-order valence-electron chi connectivity index (χ3n) is 17.7. The number of aliphatic hydroxyl groups is 10. The van der Waals surface area contributed by atoms with E-state index in [0.717, 1.165) is 32.6 Å². The standard InChI is InChI=1S/C64H103N17O34/c1-23(2)44(59(108)74-32(17-82)56(105)71-29(10-12-40(66)93)53(102)80-45(24(3)88)60(109)75-33(18-83)57(106)76-34(19-84)62(110)81-13-7-8-36(81)58(107)77-35(20-85)63(111)112)79-55(104)31(15-43(96)97)73-54(103)30(72-52(101)28(9-11-39(65)92)70-42(95)16-67-25(4)89)14-41(94)78-61-46(68-26(5)90)50(100)51(38(22-87)113-61)115-64-47(69-27(6)91)49(99)48(98)37(21-86)114-64/h23-24,28-38,44-51,61,64,82-88,98-100H,7-22H2,1-6H3,(H2,65,92)(H2,66,93)(H,67,89)(H,68,90)(H,69,91)(H,70,95)(H,71,105)(H,72,101)(H,73,103)(H,74,108)(H,75,109)(H,76,106)(H,77,107)(H,78,94)(H,79,104)(H,80,102)(H,96,97)(H,111,112)/t24-,28+,29+,30+,31+,32+,33+,34+,35+,36+,37-,38-,44+,45+,46-,47-,48-,49-,50-,51-,61-,64+/m1/s1. The molecule has 3 aliphatic rings. The first-order valence-electron chi connectivity index (χ1n) is 35.7. The molecule has 0 spiro atoms. The molecule has 30 N–H and O–H groups in total. The summed E-state index contributed by atoms with van der Waals surface area (Å²) in [7, 11) is 0. The number of hydrogen-bond donors (Lipinski definition) is 28. The SMILES string of the molecule is CC(=O)NCC(=O)N[C@@H](CCC(N)=O)C(=O)N[C@@H](CC(=O)N[C@@H]1O[C@H](CO)[C@@H](O[C@@H]2O[C@H](CO)[C@@H](O)[C@H](O)[C@H]2NC(C)=O)[C@H](O)[C@H]1NC(C)=O)C(=O)N[C@@H](CC(=O)O)C(=O)N[C@H](C(=O)N[C@@H](CO)C(=O)N[C@@H](CCC(N)=O)C(=O)N[C@H](C(=O)N[C@@H](CO)C(=O)N[C@@H](CO)C(=O)N1CCC[C@H]1C(=O)N[C@@H](CO)C(=O)O)[C@@H](C)O)C(C)C. The van der Waals surface area contributed by atoms with E-state index in [0.29, 0.717) is 0 Å². The summed E-state index contributed by atoms with van der Waals surface area (Å²) in [6.07, 6.45) is -22.2. The molecule has 3 saturated heterocycles. The van der Waals surface area contributed by atoms with Crippen LogP contribution in [0.5, 0.6) is 0 Å².